The van der Waals surface area contributed by atoms with Gasteiger partial charge in [0.25, 0.3) is 0 Å². The Morgan fingerprint density at radius 1 is 1.56 bits per heavy atom. The molecule has 1 aliphatic rings. The van der Waals surface area contributed by atoms with Gasteiger partial charge < -0.3 is 5.32 Å². The third kappa shape index (κ3) is 2.12. The van der Waals surface area contributed by atoms with Crippen LogP contribution in [-0.4, -0.2) is 15.9 Å². The van der Waals surface area contributed by atoms with Crippen molar-refractivity contribution in [3.8, 4) is 0 Å². The van der Waals surface area contributed by atoms with E-state index in [4.69, 9.17) is 12.2 Å². The van der Waals surface area contributed by atoms with Crippen LogP contribution in [0.3, 0.4) is 0 Å². The van der Waals surface area contributed by atoms with Crippen LogP contribution in [-0.2, 0) is 0 Å². The minimum atomic E-state index is 0.328. The highest BCUT2D eigenvalue weighted by atomic mass is 32.2. The van der Waals surface area contributed by atoms with Crippen molar-refractivity contribution in [2.45, 2.75) is 25.4 Å². The maximum Gasteiger partial charge on any atom is 0.136 e. The van der Waals surface area contributed by atoms with Crippen LogP contribution in [0.15, 0.2) is 0 Å². The van der Waals surface area contributed by atoms with Crippen LogP contribution < -0.4 is 10.6 Å². The van der Waals surface area contributed by atoms with Crippen LogP contribution in [0.4, 0.5) is 0 Å². The van der Waals surface area contributed by atoms with Crippen molar-refractivity contribution in [2.75, 3.05) is 0 Å². The molecule has 52 valence electrons. The molecule has 1 heterocycles. The van der Waals surface area contributed by atoms with Crippen molar-refractivity contribution in [2.24, 2.45) is 0 Å². The van der Waals surface area contributed by atoms with Crippen LogP contribution in [0, 0.1) is 0 Å². The number of nitrogens with one attached hydrogen (secondary N) is 2. The Bertz CT molecular complexity index is 114. The molecule has 0 spiro atoms. The zero-order valence-corrected chi connectivity index (χ0v) is 7.10. The third-order valence-corrected chi connectivity index (χ3v) is 2.33. The van der Waals surface area contributed by atoms with Gasteiger partial charge in [-0.3, -0.25) is 5.32 Å². The largest absolute Gasteiger partial charge is 0.356 e. The minimum absolute atomic E-state index is 0.328. The molecule has 0 aliphatic carbocycles. The SMILES string of the molecule is CC1NC(=S)SC(C)N1. The second-order valence-corrected chi connectivity index (χ2v) is 4.10. The molecule has 1 aliphatic heterocycles. The lowest BCUT2D eigenvalue weighted by atomic mass is 10.5. The number of hydrogen-bond acceptors (Lipinski definition) is 3. The number of thiocarbonyl (C=S) groups is 1. The van der Waals surface area contributed by atoms with Crippen molar-refractivity contribution < 1.29 is 0 Å². The van der Waals surface area contributed by atoms with Gasteiger partial charge in [-0.2, -0.15) is 0 Å². The summed E-state index contributed by atoms with van der Waals surface area (Å²) in [5, 5.41) is 6.82. The summed E-state index contributed by atoms with van der Waals surface area (Å²) in [5.74, 6) is 0. The quantitative estimate of drug-likeness (QED) is 0.517. The van der Waals surface area contributed by atoms with E-state index in [0.717, 1.165) is 4.32 Å². The Hall–Kier alpha value is 0.200. The average Bonchev–Trinajstić information content (AvgIpc) is 1.59. The maximum absolute atomic E-state index is 4.97. The van der Waals surface area contributed by atoms with Gasteiger partial charge in [0.15, 0.2) is 0 Å². The molecular formula is C5H10N2S2. The Balaban J connectivity index is 2.43. The van der Waals surface area contributed by atoms with E-state index < -0.39 is 0 Å². The summed E-state index contributed by atoms with van der Waals surface area (Å²) in [5.41, 5.74) is 0. The van der Waals surface area contributed by atoms with Crippen molar-refractivity contribution in [1.29, 1.82) is 0 Å². The Morgan fingerprint density at radius 2 is 2.22 bits per heavy atom. The molecule has 0 amide bonds. The number of hydrogen-bond donors (Lipinski definition) is 2. The fourth-order valence-corrected chi connectivity index (χ4v) is 2.25. The summed E-state index contributed by atoms with van der Waals surface area (Å²) in [6.07, 6.45) is 0.328. The van der Waals surface area contributed by atoms with E-state index in [1.165, 1.54) is 0 Å². The van der Waals surface area contributed by atoms with Crippen LogP contribution in [0.2, 0.25) is 0 Å². The molecule has 2 nitrogen and oxygen atoms in total. The van der Waals surface area contributed by atoms with Crippen LogP contribution in [0.1, 0.15) is 13.8 Å². The second kappa shape index (κ2) is 2.86. The fraction of sp³-hybridized carbons (Fsp3) is 0.800. The number of rotatable bonds is 0. The monoisotopic (exact) mass is 162 g/mol. The molecular weight excluding hydrogens is 152 g/mol. The third-order valence-electron chi connectivity index (χ3n) is 1.10. The number of thioether (sulfide) groups is 1. The first-order valence-electron chi connectivity index (χ1n) is 2.91. The van der Waals surface area contributed by atoms with Gasteiger partial charge in [0.05, 0.1) is 11.5 Å². The normalized spacial score (nSPS) is 36.0. The van der Waals surface area contributed by atoms with Crippen LogP contribution >= 0.6 is 24.0 Å². The highest BCUT2D eigenvalue weighted by molar-refractivity contribution is 8.23. The lowest BCUT2D eigenvalue weighted by Gasteiger charge is -2.27. The zero-order valence-electron chi connectivity index (χ0n) is 5.47. The van der Waals surface area contributed by atoms with Gasteiger partial charge >= 0.3 is 0 Å². The van der Waals surface area contributed by atoms with Gasteiger partial charge in [0.2, 0.25) is 0 Å². The van der Waals surface area contributed by atoms with Gasteiger partial charge in [0.1, 0.15) is 4.32 Å². The van der Waals surface area contributed by atoms with Gasteiger partial charge in [-0.15, -0.1) is 0 Å². The Labute approximate surface area is 64.8 Å². The van der Waals surface area contributed by atoms with Crippen molar-refractivity contribution >= 4 is 28.3 Å². The van der Waals surface area contributed by atoms with Gasteiger partial charge in [-0.1, -0.05) is 24.0 Å². The fourth-order valence-electron chi connectivity index (χ4n) is 0.799. The first-order chi connectivity index (χ1) is 4.18. The molecule has 0 aromatic heterocycles. The molecule has 0 aromatic carbocycles. The molecule has 4 heteroatoms. The van der Waals surface area contributed by atoms with Crippen LogP contribution in [0.5, 0.6) is 0 Å². The van der Waals surface area contributed by atoms with E-state index in [9.17, 15) is 0 Å². The highest BCUT2D eigenvalue weighted by Crippen LogP contribution is 2.13. The predicted octanol–water partition coefficient (Wildman–Crippen LogP) is 0.889. The van der Waals surface area contributed by atoms with E-state index >= 15 is 0 Å². The van der Waals surface area contributed by atoms with Gasteiger partial charge in [-0.25, -0.2) is 0 Å². The second-order valence-electron chi connectivity index (χ2n) is 2.08. The summed E-state index contributed by atoms with van der Waals surface area (Å²) in [7, 11) is 0. The molecule has 0 saturated carbocycles. The van der Waals surface area contributed by atoms with Crippen molar-refractivity contribution in [3.05, 3.63) is 0 Å². The lowest BCUT2D eigenvalue weighted by molar-refractivity contribution is 0.516. The molecule has 2 N–H and O–H groups in total. The summed E-state index contributed by atoms with van der Waals surface area (Å²) in [4.78, 5) is 0. The van der Waals surface area contributed by atoms with Crippen molar-refractivity contribution in [1.82, 2.24) is 10.6 Å². The Kier molecular flexibility index (Phi) is 2.32. The summed E-state index contributed by atoms with van der Waals surface area (Å²) in [6, 6.07) is 0. The Morgan fingerprint density at radius 3 is 2.67 bits per heavy atom. The summed E-state index contributed by atoms with van der Waals surface area (Å²) >= 11 is 6.63. The lowest BCUT2D eigenvalue weighted by Crippen LogP contribution is -2.50. The first-order valence-corrected chi connectivity index (χ1v) is 4.20. The zero-order chi connectivity index (χ0) is 6.85. The summed E-state index contributed by atoms with van der Waals surface area (Å²) < 4.78 is 0.897. The molecule has 2 atom stereocenters. The highest BCUT2D eigenvalue weighted by Gasteiger charge is 2.16. The molecule has 0 bridgehead atoms. The van der Waals surface area contributed by atoms with E-state index in [-0.39, 0.29) is 0 Å². The smallest absolute Gasteiger partial charge is 0.136 e. The van der Waals surface area contributed by atoms with E-state index in [0.29, 0.717) is 11.5 Å². The topological polar surface area (TPSA) is 24.1 Å². The average molecular weight is 162 g/mol. The molecule has 1 saturated heterocycles. The molecule has 0 radical (unpaired) electrons. The van der Waals surface area contributed by atoms with E-state index in [1.807, 2.05) is 0 Å². The first kappa shape index (κ1) is 7.31. The van der Waals surface area contributed by atoms with Crippen molar-refractivity contribution in [3.63, 3.8) is 0 Å². The van der Waals surface area contributed by atoms with Gasteiger partial charge in [0, 0.05) is 0 Å². The van der Waals surface area contributed by atoms with Crippen LogP contribution in [0.25, 0.3) is 0 Å². The summed E-state index contributed by atoms with van der Waals surface area (Å²) in [6.45, 7) is 4.16. The minimum Gasteiger partial charge on any atom is -0.356 e. The predicted molar refractivity (Wildman–Crippen MR) is 45.4 cm³/mol. The molecule has 1 rings (SSSR count). The standard InChI is InChI=1S/C5H10N2S2/c1-3-6-4(2)9-5(8)7-3/h3-4,6H,1-2H3,(H,7,8). The van der Waals surface area contributed by atoms with Gasteiger partial charge in [-0.05, 0) is 13.8 Å². The van der Waals surface area contributed by atoms with E-state index in [2.05, 4.69) is 24.5 Å². The molecule has 1 fully saturated rings. The molecule has 0 aromatic rings. The molecule has 2 unspecified atom stereocenters. The molecule has 9 heavy (non-hydrogen) atoms. The van der Waals surface area contributed by atoms with E-state index in [1.54, 1.807) is 11.8 Å². The maximum atomic E-state index is 4.97.